The van der Waals surface area contributed by atoms with E-state index >= 15 is 0 Å². The van der Waals surface area contributed by atoms with Crippen molar-refractivity contribution in [2.24, 2.45) is 5.92 Å². The first-order valence-corrected chi connectivity index (χ1v) is 7.93. The fourth-order valence-electron chi connectivity index (χ4n) is 1.85. The van der Waals surface area contributed by atoms with E-state index in [1.165, 1.54) is 0 Å². The predicted molar refractivity (Wildman–Crippen MR) is 91.7 cm³/mol. The number of guanidine groups is 1. The second-order valence-corrected chi connectivity index (χ2v) is 5.79. The molecule has 0 radical (unpaired) electrons. The number of nitrogens with one attached hydrogen (secondary N) is 3. The molecule has 0 fully saturated rings. The van der Waals surface area contributed by atoms with Crippen LogP contribution in [0.1, 0.15) is 6.92 Å². The van der Waals surface area contributed by atoms with E-state index in [0.29, 0.717) is 0 Å². The van der Waals surface area contributed by atoms with Crippen LogP contribution in [0.4, 0.5) is 5.69 Å². The molecule has 3 nitrogen and oxygen atoms in total. The van der Waals surface area contributed by atoms with Crippen LogP contribution in [0.15, 0.2) is 53.1 Å². The summed E-state index contributed by atoms with van der Waals surface area (Å²) in [7, 11) is 0. The van der Waals surface area contributed by atoms with Gasteiger partial charge in [-0.25, -0.2) is 0 Å². The van der Waals surface area contributed by atoms with Gasteiger partial charge < -0.3 is 10.6 Å². The Morgan fingerprint density at radius 1 is 1.35 bits per heavy atom. The molecule has 1 aliphatic rings. The first kappa shape index (κ1) is 14.8. The highest BCUT2D eigenvalue weighted by atomic mass is 32.2. The first-order chi connectivity index (χ1) is 9.60. The minimum atomic E-state index is 0.222. The van der Waals surface area contributed by atoms with Crippen LogP contribution in [0.2, 0.25) is 0 Å². The third-order valence-corrected chi connectivity index (χ3v) is 4.26. The topological polar surface area (TPSA) is 47.9 Å². The number of thiocarbonyl (C=S) groups is 1. The molecule has 3 N–H and O–H groups in total. The maximum Gasteiger partial charge on any atom is 0.197 e. The molecular formula is C15H17N3S2. The second kappa shape index (κ2) is 6.72. The van der Waals surface area contributed by atoms with E-state index in [4.69, 9.17) is 17.6 Å². The third kappa shape index (κ3) is 3.71. The molecule has 1 aliphatic carbocycles. The normalized spacial score (nSPS) is 17.6. The van der Waals surface area contributed by atoms with Gasteiger partial charge in [0, 0.05) is 21.4 Å². The van der Waals surface area contributed by atoms with Crippen molar-refractivity contribution in [2.75, 3.05) is 11.6 Å². The molecule has 1 unspecified atom stereocenters. The van der Waals surface area contributed by atoms with Crippen LogP contribution >= 0.6 is 24.0 Å². The van der Waals surface area contributed by atoms with Gasteiger partial charge in [0.1, 0.15) is 0 Å². The summed E-state index contributed by atoms with van der Waals surface area (Å²) in [6, 6.07) is 7.96. The lowest BCUT2D eigenvalue weighted by molar-refractivity contribution is 0.984. The molecule has 1 atom stereocenters. The van der Waals surface area contributed by atoms with E-state index in [2.05, 4.69) is 10.6 Å². The lowest BCUT2D eigenvalue weighted by Gasteiger charge is -2.19. The van der Waals surface area contributed by atoms with Crippen LogP contribution in [-0.4, -0.2) is 17.1 Å². The molecule has 0 bridgehead atoms. The summed E-state index contributed by atoms with van der Waals surface area (Å²) in [5, 5.41) is 14.0. The maximum atomic E-state index is 7.99. The Bertz CT molecular complexity index is 591. The Hall–Kier alpha value is -1.59. The molecule has 104 valence electrons. The molecule has 0 amide bonds. The number of hydrogen-bond donors (Lipinski definition) is 3. The quantitative estimate of drug-likeness (QED) is 0.344. The van der Waals surface area contributed by atoms with Crippen molar-refractivity contribution in [3.05, 3.63) is 48.2 Å². The van der Waals surface area contributed by atoms with Crippen molar-refractivity contribution in [3.8, 4) is 0 Å². The maximum absolute atomic E-state index is 7.99. The number of rotatable bonds is 3. The molecule has 20 heavy (non-hydrogen) atoms. The summed E-state index contributed by atoms with van der Waals surface area (Å²) in [4.78, 5) is 1.99. The minimum absolute atomic E-state index is 0.222. The standard InChI is InChI=1S/C15H17N3S2/c1-10-5-3-8-13(14(10)19)18-15(16)17-11-6-4-7-12(9-11)20-2/h3-10H,1-2H3,(H3,16,17,18). The summed E-state index contributed by atoms with van der Waals surface area (Å²) in [5.41, 5.74) is 1.70. The van der Waals surface area contributed by atoms with E-state index in [-0.39, 0.29) is 11.9 Å². The molecule has 0 saturated heterocycles. The van der Waals surface area contributed by atoms with Gasteiger partial charge in [0.2, 0.25) is 0 Å². The lowest BCUT2D eigenvalue weighted by Crippen LogP contribution is -2.33. The van der Waals surface area contributed by atoms with Crippen molar-refractivity contribution in [3.63, 3.8) is 0 Å². The van der Waals surface area contributed by atoms with Crippen LogP contribution in [-0.2, 0) is 0 Å². The molecular weight excluding hydrogens is 286 g/mol. The number of hydrogen-bond acceptors (Lipinski definition) is 3. The summed E-state index contributed by atoms with van der Waals surface area (Å²) < 4.78 is 0. The summed E-state index contributed by atoms with van der Waals surface area (Å²) >= 11 is 7.04. The van der Waals surface area contributed by atoms with E-state index in [9.17, 15) is 0 Å². The van der Waals surface area contributed by atoms with Gasteiger partial charge in [0.25, 0.3) is 0 Å². The van der Waals surface area contributed by atoms with Crippen molar-refractivity contribution in [1.29, 1.82) is 5.41 Å². The summed E-state index contributed by atoms with van der Waals surface area (Å²) in [6.45, 7) is 2.05. The lowest BCUT2D eigenvalue weighted by atomic mass is 10.0. The van der Waals surface area contributed by atoms with Gasteiger partial charge in [-0.05, 0) is 30.5 Å². The molecule has 2 rings (SSSR count). The zero-order valence-electron chi connectivity index (χ0n) is 11.4. The number of benzene rings is 1. The Morgan fingerprint density at radius 2 is 2.15 bits per heavy atom. The van der Waals surface area contributed by atoms with Gasteiger partial charge in [-0.3, -0.25) is 5.41 Å². The molecule has 1 aromatic rings. The Morgan fingerprint density at radius 3 is 2.90 bits per heavy atom. The minimum Gasteiger partial charge on any atom is -0.326 e. The van der Waals surface area contributed by atoms with Crippen LogP contribution < -0.4 is 10.6 Å². The average molecular weight is 303 g/mol. The summed E-state index contributed by atoms with van der Waals surface area (Å²) in [5.74, 6) is 0.449. The highest BCUT2D eigenvalue weighted by Gasteiger charge is 2.14. The SMILES string of the molecule is CSc1cccc(NC(=N)NC2=CC=CC(C)C2=S)c1. The van der Waals surface area contributed by atoms with Crippen molar-refractivity contribution in [1.82, 2.24) is 5.32 Å². The van der Waals surface area contributed by atoms with E-state index in [0.717, 1.165) is 21.1 Å². The molecule has 1 aromatic carbocycles. The first-order valence-electron chi connectivity index (χ1n) is 6.29. The van der Waals surface area contributed by atoms with E-state index in [1.54, 1.807) is 11.8 Å². The molecule has 5 heteroatoms. The zero-order valence-corrected chi connectivity index (χ0v) is 13.1. The largest absolute Gasteiger partial charge is 0.326 e. The summed E-state index contributed by atoms with van der Waals surface area (Å²) in [6.07, 6.45) is 7.94. The molecule has 0 spiro atoms. The fourth-order valence-corrected chi connectivity index (χ4v) is 2.50. The third-order valence-electron chi connectivity index (χ3n) is 2.94. The smallest absolute Gasteiger partial charge is 0.197 e. The van der Waals surface area contributed by atoms with Gasteiger partial charge in [0.05, 0.1) is 5.70 Å². The Balaban J connectivity index is 2.00. The second-order valence-electron chi connectivity index (χ2n) is 4.48. The van der Waals surface area contributed by atoms with Gasteiger partial charge in [0.15, 0.2) is 5.96 Å². The number of thioether (sulfide) groups is 1. The van der Waals surface area contributed by atoms with Crippen molar-refractivity contribution < 1.29 is 0 Å². The molecule has 0 heterocycles. The highest BCUT2D eigenvalue weighted by molar-refractivity contribution is 7.98. The fraction of sp³-hybridized carbons (Fsp3) is 0.200. The van der Waals surface area contributed by atoms with Gasteiger partial charge in [-0.2, -0.15) is 0 Å². The predicted octanol–water partition coefficient (Wildman–Crippen LogP) is 3.80. The Labute approximate surface area is 129 Å². The van der Waals surface area contributed by atoms with Gasteiger partial charge in [-0.15, -0.1) is 11.8 Å². The number of allylic oxidation sites excluding steroid dienone is 4. The van der Waals surface area contributed by atoms with Crippen LogP contribution in [0.3, 0.4) is 0 Å². The zero-order chi connectivity index (χ0) is 14.5. The number of anilines is 1. The van der Waals surface area contributed by atoms with Crippen LogP contribution in [0.25, 0.3) is 0 Å². The van der Waals surface area contributed by atoms with Crippen molar-refractivity contribution >= 4 is 40.5 Å². The van der Waals surface area contributed by atoms with E-state index in [1.807, 2.05) is 55.7 Å². The van der Waals surface area contributed by atoms with E-state index < -0.39 is 0 Å². The van der Waals surface area contributed by atoms with Crippen LogP contribution in [0.5, 0.6) is 0 Å². The Kier molecular flexibility index (Phi) is 4.98. The van der Waals surface area contributed by atoms with Gasteiger partial charge in [-0.1, -0.05) is 37.4 Å². The molecule has 0 saturated carbocycles. The van der Waals surface area contributed by atoms with Crippen molar-refractivity contribution in [2.45, 2.75) is 11.8 Å². The molecule has 0 aliphatic heterocycles. The molecule has 0 aromatic heterocycles. The highest BCUT2D eigenvalue weighted by Crippen LogP contribution is 2.19. The average Bonchev–Trinajstić information content (AvgIpc) is 2.44. The van der Waals surface area contributed by atoms with Gasteiger partial charge >= 0.3 is 0 Å². The monoisotopic (exact) mass is 303 g/mol. The van der Waals surface area contributed by atoms with Crippen LogP contribution in [0, 0.1) is 11.3 Å².